The summed E-state index contributed by atoms with van der Waals surface area (Å²) in [6, 6.07) is 2.81. The van der Waals surface area contributed by atoms with Crippen LogP contribution >= 0.6 is 0 Å². The van der Waals surface area contributed by atoms with Crippen molar-refractivity contribution in [2.24, 2.45) is 0 Å². The van der Waals surface area contributed by atoms with Crippen LogP contribution in [0.2, 0.25) is 0 Å². The number of ether oxygens (including phenoxy) is 1. The lowest BCUT2D eigenvalue weighted by Crippen LogP contribution is -1.97. The Bertz CT molecular complexity index is 414. The van der Waals surface area contributed by atoms with E-state index in [-0.39, 0.29) is 5.75 Å². The molecule has 0 atom stereocenters. The summed E-state index contributed by atoms with van der Waals surface area (Å²) in [4.78, 5) is -1.01. The number of hydrogen-bond acceptors (Lipinski definition) is 3. The predicted molar refractivity (Wildman–Crippen MR) is 41.2 cm³/mol. The first-order chi connectivity index (χ1) is 5.95. The van der Waals surface area contributed by atoms with Gasteiger partial charge in [0, 0.05) is 6.07 Å². The van der Waals surface area contributed by atoms with Crippen LogP contribution in [0.15, 0.2) is 23.1 Å². The SMILES string of the molecule is COc1ccc(F)c(S(=O)(=O)F)c1. The van der Waals surface area contributed by atoms with E-state index in [1.807, 2.05) is 0 Å². The number of hydrogen-bond donors (Lipinski definition) is 0. The van der Waals surface area contributed by atoms with Crippen molar-refractivity contribution < 1.29 is 21.4 Å². The normalized spacial score (nSPS) is 11.3. The molecular formula is C7H6F2O3S. The molecule has 0 aliphatic carbocycles. The highest BCUT2D eigenvalue weighted by Crippen LogP contribution is 2.22. The topological polar surface area (TPSA) is 43.4 Å². The fourth-order valence-electron chi connectivity index (χ4n) is 0.798. The summed E-state index contributed by atoms with van der Waals surface area (Å²) < 4.78 is 50.4. The summed E-state index contributed by atoms with van der Waals surface area (Å²) in [6.45, 7) is 0. The van der Waals surface area contributed by atoms with Crippen molar-refractivity contribution in [3.05, 3.63) is 24.0 Å². The lowest BCUT2D eigenvalue weighted by atomic mass is 10.3. The zero-order valence-electron chi connectivity index (χ0n) is 6.62. The molecule has 1 aromatic rings. The van der Waals surface area contributed by atoms with Crippen molar-refractivity contribution in [1.29, 1.82) is 0 Å². The van der Waals surface area contributed by atoms with Crippen LogP contribution in [-0.4, -0.2) is 15.5 Å². The van der Waals surface area contributed by atoms with Gasteiger partial charge < -0.3 is 4.74 Å². The average Bonchev–Trinajstić information content (AvgIpc) is 2.03. The Morgan fingerprint density at radius 2 is 2.00 bits per heavy atom. The van der Waals surface area contributed by atoms with Crippen LogP contribution in [0.5, 0.6) is 5.75 Å². The number of methoxy groups -OCH3 is 1. The number of halogens is 2. The van der Waals surface area contributed by atoms with Crippen molar-refractivity contribution >= 4 is 10.2 Å². The summed E-state index contributed by atoms with van der Waals surface area (Å²) in [5.74, 6) is -1.05. The lowest BCUT2D eigenvalue weighted by Gasteiger charge is -2.01. The molecule has 0 spiro atoms. The Morgan fingerprint density at radius 1 is 1.38 bits per heavy atom. The third kappa shape index (κ3) is 2.15. The first-order valence-electron chi connectivity index (χ1n) is 3.23. The summed E-state index contributed by atoms with van der Waals surface area (Å²) in [7, 11) is -3.76. The molecule has 1 rings (SSSR count). The Hall–Kier alpha value is -1.17. The Morgan fingerprint density at radius 3 is 2.46 bits per heavy atom. The maximum Gasteiger partial charge on any atom is 0.335 e. The molecule has 0 saturated carbocycles. The van der Waals surface area contributed by atoms with E-state index in [1.165, 1.54) is 13.2 Å². The van der Waals surface area contributed by atoms with Gasteiger partial charge in [-0.3, -0.25) is 0 Å². The van der Waals surface area contributed by atoms with E-state index in [2.05, 4.69) is 4.74 Å². The van der Waals surface area contributed by atoms with Gasteiger partial charge in [-0.25, -0.2) is 4.39 Å². The number of rotatable bonds is 2. The third-order valence-corrected chi connectivity index (χ3v) is 2.24. The van der Waals surface area contributed by atoms with E-state index < -0.39 is 20.9 Å². The molecule has 3 nitrogen and oxygen atoms in total. The molecular weight excluding hydrogens is 202 g/mol. The minimum atomic E-state index is -5.02. The zero-order chi connectivity index (χ0) is 10.1. The van der Waals surface area contributed by atoms with Crippen molar-refractivity contribution in [1.82, 2.24) is 0 Å². The highest BCUT2D eigenvalue weighted by molar-refractivity contribution is 7.86. The van der Waals surface area contributed by atoms with Crippen LogP contribution < -0.4 is 4.74 Å². The van der Waals surface area contributed by atoms with Gasteiger partial charge in [-0.15, -0.1) is 3.89 Å². The molecule has 13 heavy (non-hydrogen) atoms. The van der Waals surface area contributed by atoms with E-state index >= 15 is 0 Å². The summed E-state index contributed by atoms with van der Waals surface area (Å²) in [5.41, 5.74) is 0. The fraction of sp³-hybridized carbons (Fsp3) is 0.143. The molecule has 0 unspecified atom stereocenters. The summed E-state index contributed by atoms with van der Waals surface area (Å²) in [5, 5.41) is 0. The standard InChI is InChI=1S/C7H6F2O3S/c1-12-5-2-3-6(8)7(4-5)13(9,10)11/h2-4H,1H3. The van der Waals surface area contributed by atoms with Gasteiger partial charge in [0.25, 0.3) is 0 Å². The smallest absolute Gasteiger partial charge is 0.335 e. The maximum absolute atomic E-state index is 12.7. The summed E-state index contributed by atoms with van der Waals surface area (Å²) in [6.07, 6.45) is 0. The Balaban J connectivity index is 3.36. The zero-order valence-corrected chi connectivity index (χ0v) is 7.44. The van der Waals surface area contributed by atoms with Crippen LogP contribution in [0.1, 0.15) is 0 Å². The molecule has 1 aromatic carbocycles. The van der Waals surface area contributed by atoms with Gasteiger partial charge in [0.05, 0.1) is 7.11 Å². The monoisotopic (exact) mass is 208 g/mol. The van der Waals surface area contributed by atoms with Gasteiger partial charge >= 0.3 is 10.2 Å². The second kappa shape index (κ2) is 3.29. The lowest BCUT2D eigenvalue weighted by molar-refractivity contribution is 0.410. The molecule has 0 amide bonds. The van der Waals surface area contributed by atoms with Gasteiger partial charge in [-0.2, -0.15) is 8.42 Å². The van der Waals surface area contributed by atoms with Gasteiger partial charge in [-0.1, -0.05) is 0 Å². The van der Waals surface area contributed by atoms with Crippen molar-refractivity contribution in [3.8, 4) is 5.75 Å². The molecule has 0 radical (unpaired) electrons. The van der Waals surface area contributed by atoms with Gasteiger partial charge in [-0.05, 0) is 12.1 Å². The average molecular weight is 208 g/mol. The largest absolute Gasteiger partial charge is 0.497 e. The van der Waals surface area contributed by atoms with Crippen LogP contribution in [0.4, 0.5) is 8.28 Å². The highest BCUT2D eigenvalue weighted by atomic mass is 32.3. The molecule has 0 fully saturated rings. The predicted octanol–water partition coefficient (Wildman–Crippen LogP) is 1.49. The molecule has 6 heteroatoms. The molecule has 0 saturated heterocycles. The van der Waals surface area contributed by atoms with Crippen molar-refractivity contribution in [2.75, 3.05) is 7.11 Å². The van der Waals surface area contributed by atoms with E-state index in [1.54, 1.807) is 0 Å². The molecule has 0 aliphatic rings. The maximum atomic E-state index is 12.7. The van der Waals surface area contributed by atoms with E-state index in [0.29, 0.717) is 0 Å². The van der Waals surface area contributed by atoms with E-state index in [4.69, 9.17) is 0 Å². The van der Waals surface area contributed by atoms with Crippen LogP contribution in [0.25, 0.3) is 0 Å². The molecule has 0 bridgehead atoms. The number of benzene rings is 1. The van der Waals surface area contributed by atoms with Crippen LogP contribution in [0.3, 0.4) is 0 Å². The summed E-state index contributed by atoms with van der Waals surface area (Å²) >= 11 is 0. The molecule has 0 aliphatic heterocycles. The van der Waals surface area contributed by atoms with Gasteiger partial charge in [0.2, 0.25) is 0 Å². The first kappa shape index (κ1) is 9.91. The highest BCUT2D eigenvalue weighted by Gasteiger charge is 2.18. The quantitative estimate of drug-likeness (QED) is 0.691. The van der Waals surface area contributed by atoms with E-state index in [0.717, 1.165) is 12.1 Å². The molecule has 72 valence electrons. The Kier molecular flexibility index (Phi) is 2.51. The van der Waals surface area contributed by atoms with Gasteiger partial charge in [0.1, 0.15) is 16.5 Å². The Labute approximate surface area is 74.2 Å². The second-order valence-corrected chi connectivity index (χ2v) is 3.55. The second-order valence-electron chi connectivity index (χ2n) is 2.23. The molecule has 0 aromatic heterocycles. The molecule has 0 heterocycles. The minimum Gasteiger partial charge on any atom is -0.497 e. The van der Waals surface area contributed by atoms with Crippen molar-refractivity contribution in [3.63, 3.8) is 0 Å². The van der Waals surface area contributed by atoms with Crippen LogP contribution in [-0.2, 0) is 10.2 Å². The van der Waals surface area contributed by atoms with Crippen LogP contribution in [0, 0.1) is 5.82 Å². The molecule has 0 N–H and O–H groups in total. The minimum absolute atomic E-state index is 0.0811. The van der Waals surface area contributed by atoms with Gasteiger partial charge in [0.15, 0.2) is 0 Å². The van der Waals surface area contributed by atoms with Crippen molar-refractivity contribution in [2.45, 2.75) is 4.90 Å². The van der Waals surface area contributed by atoms with E-state index in [9.17, 15) is 16.7 Å². The first-order valence-corrected chi connectivity index (χ1v) is 4.61. The third-order valence-electron chi connectivity index (χ3n) is 1.40. The fourth-order valence-corrected chi connectivity index (χ4v) is 1.36.